The summed E-state index contributed by atoms with van der Waals surface area (Å²) in [5.41, 5.74) is 3.58. The number of aryl methyl sites for hydroxylation is 2. The highest BCUT2D eigenvalue weighted by molar-refractivity contribution is 5.74. The summed E-state index contributed by atoms with van der Waals surface area (Å²) in [6.07, 6.45) is 2.61. The molecule has 2 N–H and O–H groups in total. The molecule has 1 aliphatic rings. The number of aliphatic carboxylic acids is 1. The average Bonchev–Trinajstić information content (AvgIpc) is 2.82. The molecule has 6 nitrogen and oxygen atoms in total. The SMILES string of the molecule is Cc1ccc(C(C)NC(=O)N2CCCC(N(C)CC(=O)O)CC2)cc1C. The summed E-state index contributed by atoms with van der Waals surface area (Å²) in [7, 11) is 1.84. The number of likely N-dealkylation sites (tertiary alicyclic amines) is 1. The molecule has 2 atom stereocenters. The maximum Gasteiger partial charge on any atom is 0.317 e. The zero-order valence-electron chi connectivity index (χ0n) is 16.3. The Hall–Kier alpha value is -2.08. The van der Waals surface area contributed by atoms with Crippen LogP contribution in [0.2, 0.25) is 0 Å². The first kappa shape index (κ1) is 20.2. The second-order valence-corrected chi connectivity index (χ2v) is 7.40. The number of nitrogens with one attached hydrogen (secondary N) is 1. The van der Waals surface area contributed by atoms with Crippen LogP contribution < -0.4 is 5.32 Å². The normalized spacial score (nSPS) is 19.1. The molecule has 0 bridgehead atoms. The van der Waals surface area contributed by atoms with E-state index in [-0.39, 0.29) is 24.7 Å². The van der Waals surface area contributed by atoms with Gasteiger partial charge in [-0.1, -0.05) is 18.2 Å². The van der Waals surface area contributed by atoms with Gasteiger partial charge in [0.25, 0.3) is 0 Å². The molecule has 1 aromatic rings. The molecule has 1 aromatic carbocycles. The van der Waals surface area contributed by atoms with Crippen molar-refractivity contribution < 1.29 is 14.7 Å². The Morgan fingerprint density at radius 3 is 2.65 bits per heavy atom. The van der Waals surface area contributed by atoms with Gasteiger partial charge in [0.2, 0.25) is 0 Å². The molecule has 0 saturated carbocycles. The molecule has 0 aromatic heterocycles. The maximum absolute atomic E-state index is 12.6. The van der Waals surface area contributed by atoms with E-state index in [2.05, 4.69) is 37.4 Å². The Labute approximate surface area is 156 Å². The molecule has 1 saturated heterocycles. The number of carbonyl (C=O) groups excluding carboxylic acids is 1. The highest BCUT2D eigenvalue weighted by Crippen LogP contribution is 2.19. The van der Waals surface area contributed by atoms with Gasteiger partial charge in [0.05, 0.1) is 12.6 Å². The average molecular weight is 361 g/mol. The van der Waals surface area contributed by atoms with Crippen molar-refractivity contribution in [1.29, 1.82) is 0 Å². The number of carboxylic acid groups (broad SMARTS) is 1. The summed E-state index contributed by atoms with van der Waals surface area (Å²) in [6.45, 7) is 7.57. The minimum absolute atomic E-state index is 0.0423. The second kappa shape index (κ2) is 9.03. The van der Waals surface area contributed by atoms with Crippen molar-refractivity contribution in [3.63, 3.8) is 0 Å². The molecule has 6 heteroatoms. The Morgan fingerprint density at radius 1 is 1.27 bits per heavy atom. The molecule has 144 valence electrons. The number of hydrogen-bond donors (Lipinski definition) is 2. The molecule has 2 unspecified atom stereocenters. The van der Waals surface area contributed by atoms with E-state index < -0.39 is 5.97 Å². The predicted octanol–water partition coefficient (Wildman–Crippen LogP) is 2.94. The lowest BCUT2D eigenvalue weighted by molar-refractivity contribution is -0.138. The van der Waals surface area contributed by atoms with Gasteiger partial charge in [-0.25, -0.2) is 4.79 Å². The number of rotatable bonds is 5. The quantitative estimate of drug-likeness (QED) is 0.846. The van der Waals surface area contributed by atoms with E-state index in [1.807, 2.05) is 23.8 Å². The first-order valence-corrected chi connectivity index (χ1v) is 9.32. The van der Waals surface area contributed by atoms with Crippen LogP contribution in [-0.2, 0) is 4.79 Å². The third-order valence-corrected chi connectivity index (χ3v) is 5.36. The Kier molecular flexibility index (Phi) is 7.03. The predicted molar refractivity (Wildman–Crippen MR) is 102 cm³/mol. The van der Waals surface area contributed by atoms with Crippen molar-refractivity contribution in [2.75, 3.05) is 26.7 Å². The molecule has 0 spiro atoms. The van der Waals surface area contributed by atoms with Crippen LogP contribution in [0.1, 0.15) is 48.9 Å². The van der Waals surface area contributed by atoms with E-state index in [4.69, 9.17) is 5.11 Å². The molecular formula is C20H31N3O3. The topological polar surface area (TPSA) is 72.9 Å². The van der Waals surface area contributed by atoms with E-state index in [0.29, 0.717) is 13.1 Å². The van der Waals surface area contributed by atoms with E-state index in [9.17, 15) is 9.59 Å². The van der Waals surface area contributed by atoms with Crippen molar-refractivity contribution in [3.05, 3.63) is 34.9 Å². The molecule has 1 heterocycles. The van der Waals surface area contributed by atoms with Gasteiger partial charge in [0.1, 0.15) is 0 Å². The van der Waals surface area contributed by atoms with Gasteiger partial charge in [-0.05, 0) is 63.8 Å². The fourth-order valence-electron chi connectivity index (χ4n) is 3.46. The second-order valence-electron chi connectivity index (χ2n) is 7.40. The Balaban J connectivity index is 1.91. The Morgan fingerprint density at radius 2 is 2.00 bits per heavy atom. The molecule has 1 aliphatic heterocycles. The molecule has 26 heavy (non-hydrogen) atoms. The molecule has 2 amide bonds. The zero-order chi connectivity index (χ0) is 19.3. The number of hydrogen-bond acceptors (Lipinski definition) is 3. The highest BCUT2D eigenvalue weighted by Gasteiger charge is 2.24. The first-order valence-electron chi connectivity index (χ1n) is 9.32. The van der Waals surface area contributed by atoms with Crippen LogP contribution in [0.3, 0.4) is 0 Å². The molecule has 2 rings (SSSR count). The maximum atomic E-state index is 12.6. The third-order valence-electron chi connectivity index (χ3n) is 5.36. The van der Waals surface area contributed by atoms with Crippen LogP contribution in [0.15, 0.2) is 18.2 Å². The summed E-state index contributed by atoms with van der Waals surface area (Å²) in [5.74, 6) is -0.812. The van der Waals surface area contributed by atoms with Gasteiger partial charge >= 0.3 is 12.0 Å². The molecule has 0 radical (unpaired) electrons. The summed E-state index contributed by atoms with van der Waals surface area (Å²) in [4.78, 5) is 27.3. The van der Waals surface area contributed by atoms with Crippen molar-refractivity contribution >= 4 is 12.0 Å². The fraction of sp³-hybridized carbons (Fsp3) is 0.600. The summed E-state index contributed by atoms with van der Waals surface area (Å²) >= 11 is 0. The summed E-state index contributed by atoms with van der Waals surface area (Å²) in [5, 5.41) is 12.0. The number of nitrogens with zero attached hydrogens (tertiary/aromatic N) is 2. The smallest absolute Gasteiger partial charge is 0.317 e. The summed E-state index contributed by atoms with van der Waals surface area (Å²) < 4.78 is 0. The number of amides is 2. The standard InChI is InChI=1S/C20H31N3O3/c1-14-7-8-17(12-15(14)2)16(3)21-20(26)23-10-5-6-18(9-11-23)22(4)13-19(24)25/h7-8,12,16,18H,5-6,9-11,13H2,1-4H3,(H,21,26)(H,24,25). The zero-order valence-corrected chi connectivity index (χ0v) is 16.3. The van der Waals surface area contributed by atoms with Gasteiger partial charge < -0.3 is 15.3 Å². The van der Waals surface area contributed by atoms with Gasteiger partial charge in [0, 0.05) is 19.1 Å². The van der Waals surface area contributed by atoms with Gasteiger partial charge in [-0.15, -0.1) is 0 Å². The van der Waals surface area contributed by atoms with Crippen LogP contribution >= 0.6 is 0 Å². The Bertz CT molecular complexity index is 647. The lowest BCUT2D eigenvalue weighted by atomic mass is 10.0. The monoisotopic (exact) mass is 361 g/mol. The summed E-state index contributed by atoms with van der Waals surface area (Å²) in [6, 6.07) is 6.39. The lowest BCUT2D eigenvalue weighted by Gasteiger charge is -2.26. The van der Waals surface area contributed by atoms with Crippen molar-refractivity contribution in [3.8, 4) is 0 Å². The minimum Gasteiger partial charge on any atom is -0.480 e. The molecule has 0 aliphatic carbocycles. The number of benzene rings is 1. The van der Waals surface area contributed by atoms with Crippen LogP contribution in [0.4, 0.5) is 4.79 Å². The van der Waals surface area contributed by atoms with Crippen LogP contribution in [0.5, 0.6) is 0 Å². The van der Waals surface area contributed by atoms with Gasteiger partial charge in [-0.3, -0.25) is 9.69 Å². The van der Waals surface area contributed by atoms with Crippen LogP contribution in [0.25, 0.3) is 0 Å². The number of likely N-dealkylation sites (N-methyl/N-ethyl adjacent to an activating group) is 1. The first-order chi connectivity index (χ1) is 12.3. The largest absolute Gasteiger partial charge is 0.480 e. The van der Waals surface area contributed by atoms with E-state index in [1.54, 1.807) is 0 Å². The number of carbonyl (C=O) groups is 2. The van der Waals surface area contributed by atoms with Crippen LogP contribution in [0, 0.1) is 13.8 Å². The molecule has 1 fully saturated rings. The van der Waals surface area contributed by atoms with E-state index >= 15 is 0 Å². The molecular weight excluding hydrogens is 330 g/mol. The minimum atomic E-state index is -0.812. The number of urea groups is 1. The van der Waals surface area contributed by atoms with Gasteiger partial charge in [0.15, 0.2) is 0 Å². The van der Waals surface area contributed by atoms with Crippen molar-refractivity contribution in [1.82, 2.24) is 15.1 Å². The number of carboxylic acids is 1. The lowest BCUT2D eigenvalue weighted by Crippen LogP contribution is -2.42. The van der Waals surface area contributed by atoms with Crippen molar-refractivity contribution in [2.24, 2.45) is 0 Å². The van der Waals surface area contributed by atoms with E-state index in [0.717, 1.165) is 24.8 Å². The van der Waals surface area contributed by atoms with E-state index in [1.165, 1.54) is 11.1 Å². The van der Waals surface area contributed by atoms with Crippen LogP contribution in [-0.4, -0.2) is 59.6 Å². The van der Waals surface area contributed by atoms with Gasteiger partial charge in [-0.2, -0.15) is 0 Å². The van der Waals surface area contributed by atoms with Crippen molar-refractivity contribution in [2.45, 2.75) is 52.1 Å². The highest BCUT2D eigenvalue weighted by atomic mass is 16.4. The fourth-order valence-corrected chi connectivity index (χ4v) is 3.46. The third kappa shape index (κ3) is 5.46.